The third-order valence-electron chi connectivity index (χ3n) is 5.61. The van der Waals surface area contributed by atoms with E-state index in [9.17, 15) is 0 Å². The van der Waals surface area contributed by atoms with E-state index in [1.54, 1.807) is 0 Å². The summed E-state index contributed by atoms with van der Waals surface area (Å²) in [5.74, 6) is 2.94. The number of nitrogens with one attached hydrogen (secondary N) is 2. The number of aliphatic imine (C=N–C) groups is 1. The zero-order valence-corrected chi connectivity index (χ0v) is 14.8. The van der Waals surface area contributed by atoms with Crippen molar-refractivity contribution in [3.05, 3.63) is 47.5 Å². The minimum atomic E-state index is 0.245. The van der Waals surface area contributed by atoms with Crippen LogP contribution in [-0.2, 0) is 24.9 Å². The quantitative estimate of drug-likeness (QED) is 0.646. The summed E-state index contributed by atoms with van der Waals surface area (Å²) in [5, 5.41) is 15.5. The van der Waals surface area contributed by atoms with Crippen molar-refractivity contribution in [2.45, 2.75) is 50.6 Å². The first-order chi connectivity index (χ1) is 12.3. The number of nitrogens with zero attached hydrogens (tertiary/aromatic N) is 4. The van der Waals surface area contributed by atoms with E-state index in [1.165, 1.54) is 31.2 Å². The number of fused-ring (bicyclic) bond motifs is 1. The summed E-state index contributed by atoms with van der Waals surface area (Å²) >= 11 is 0. The first-order valence-electron chi connectivity index (χ1n) is 9.22. The van der Waals surface area contributed by atoms with Crippen molar-refractivity contribution in [2.24, 2.45) is 4.99 Å². The van der Waals surface area contributed by atoms with Gasteiger partial charge in [0.2, 0.25) is 0 Å². The first-order valence-corrected chi connectivity index (χ1v) is 9.22. The molecule has 6 nitrogen and oxygen atoms in total. The second kappa shape index (κ2) is 6.86. The molecule has 1 aromatic heterocycles. The number of aromatic nitrogens is 3. The monoisotopic (exact) mass is 338 g/mol. The maximum absolute atomic E-state index is 4.37. The molecule has 132 valence electrons. The molecular formula is C19H26N6. The molecule has 1 fully saturated rings. The van der Waals surface area contributed by atoms with Gasteiger partial charge in [-0.15, -0.1) is 10.2 Å². The highest BCUT2D eigenvalue weighted by molar-refractivity contribution is 5.79. The van der Waals surface area contributed by atoms with Crippen LogP contribution in [0.1, 0.15) is 42.9 Å². The van der Waals surface area contributed by atoms with Crippen molar-refractivity contribution < 1.29 is 0 Å². The van der Waals surface area contributed by atoms with Gasteiger partial charge in [0.05, 0.1) is 6.54 Å². The van der Waals surface area contributed by atoms with E-state index >= 15 is 0 Å². The Bertz CT molecular complexity index is 745. The second-order valence-electron chi connectivity index (χ2n) is 7.07. The number of rotatable bonds is 5. The summed E-state index contributed by atoms with van der Waals surface area (Å²) in [6.45, 7) is 2.60. The number of aryl methyl sites for hydroxylation is 1. The van der Waals surface area contributed by atoms with E-state index in [-0.39, 0.29) is 5.41 Å². The van der Waals surface area contributed by atoms with Gasteiger partial charge in [0.25, 0.3) is 0 Å². The van der Waals surface area contributed by atoms with E-state index < -0.39 is 0 Å². The Labute approximate surface area is 148 Å². The normalized spacial score (nSPS) is 18.5. The predicted octanol–water partition coefficient (Wildman–Crippen LogP) is 2.01. The van der Waals surface area contributed by atoms with Crippen LogP contribution in [0.4, 0.5) is 0 Å². The van der Waals surface area contributed by atoms with E-state index in [0.29, 0.717) is 6.54 Å². The number of hydrogen-bond acceptors (Lipinski definition) is 3. The fraction of sp³-hybridized carbons (Fsp3) is 0.526. The van der Waals surface area contributed by atoms with Crippen molar-refractivity contribution >= 4 is 5.96 Å². The minimum Gasteiger partial charge on any atom is -0.356 e. The predicted molar refractivity (Wildman–Crippen MR) is 98.5 cm³/mol. The van der Waals surface area contributed by atoms with E-state index in [1.807, 2.05) is 7.05 Å². The Hall–Kier alpha value is -2.37. The van der Waals surface area contributed by atoms with Crippen molar-refractivity contribution in [1.82, 2.24) is 25.4 Å². The fourth-order valence-electron chi connectivity index (χ4n) is 3.94. The molecule has 1 saturated carbocycles. The van der Waals surface area contributed by atoms with Gasteiger partial charge in [-0.25, -0.2) is 0 Å². The summed E-state index contributed by atoms with van der Waals surface area (Å²) in [6, 6.07) is 10.8. The maximum Gasteiger partial charge on any atom is 0.191 e. The SMILES string of the molecule is CN=C(NCc1nnc2n1CCC2)NCC1(c2ccccc2)CCC1. The maximum atomic E-state index is 4.37. The van der Waals surface area contributed by atoms with Crippen LogP contribution in [0.5, 0.6) is 0 Å². The van der Waals surface area contributed by atoms with Gasteiger partial charge >= 0.3 is 0 Å². The lowest BCUT2D eigenvalue weighted by molar-refractivity contribution is 0.244. The Morgan fingerprint density at radius 1 is 1.16 bits per heavy atom. The van der Waals surface area contributed by atoms with Gasteiger partial charge in [-0.3, -0.25) is 4.99 Å². The van der Waals surface area contributed by atoms with Crippen LogP contribution >= 0.6 is 0 Å². The second-order valence-corrected chi connectivity index (χ2v) is 7.07. The molecule has 1 aliphatic carbocycles. The minimum absolute atomic E-state index is 0.245. The standard InChI is InChI=1S/C19H26N6/c1-20-18(21-13-17-24-23-16-9-5-12-25(16)17)22-14-19(10-6-11-19)15-7-3-2-4-8-15/h2-4,7-8H,5-6,9-14H2,1H3,(H2,20,21,22). The van der Waals surface area contributed by atoms with Gasteiger partial charge in [-0.2, -0.15) is 0 Å². The molecule has 0 atom stereocenters. The third kappa shape index (κ3) is 3.13. The van der Waals surface area contributed by atoms with Crippen LogP contribution in [0, 0.1) is 0 Å². The summed E-state index contributed by atoms with van der Waals surface area (Å²) in [6.07, 6.45) is 5.98. The number of hydrogen-bond donors (Lipinski definition) is 2. The first kappa shape index (κ1) is 16.1. The highest BCUT2D eigenvalue weighted by Crippen LogP contribution is 2.43. The molecule has 25 heavy (non-hydrogen) atoms. The molecule has 2 heterocycles. The smallest absolute Gasteiger partial charge is 0.191 e. The molecule has 2 aromatic rings. The highest BCUT2D eigenvalue weighted by Gasteiger charge is 2.38. The van der Waals surface area contributed by atoms with Gasteiger partial charge in [0, 0.05) is 32.0 Å². The van der Waals surface area contributed by atoms with Crippen LogP contribution < -0.4 is 10.6 Å². The van der Waals surface area contributed by atoms with E-state index in [4.69, 9.17) is 0 Å². The van der Waals surface area contributed by atoms with Crippen molar-refractivity contribution in [2.75, 3.05) is 13.6 Å². The lowest BCUT2D eigenvalue weighted by Gasteiger charge is -2.43. The molecule has 1 aliphatic heterocycles. The topological polar surface area (TPSA) is 67.1 Å². The summed E-state index contributed by atoms with van der Waals surface area (Å²) in [4.78, 5) is 4.37. The average molecular weight is 338 g/mol. The molecule has 0 unspecified atom stereocenters. The number of guanidine groups is 1. The molecule has 0 amide bonds. The Kier molecular flexibility index (Phi) is 4.42. The molecule has 2 N–H and O–H groups in total. The third-order valence-corrected chi connectivity index (χ3v) is 5.61. The van der Waals surface area contributed by atoms with Gasteiger partial charge in [-0.05, 0) is 24.8 Å². The highest BCUT2D eigenvalue weighted by atomic mass is 15.3. The van der Waals surface area contributed by atoms with Crippen molar-refractivity contribution in [1.29, 1.82) is 0 Å². The largest absolute Gasteiger partial charge is 0.356 e. The lowest BCUT2D eigenvalue weighted by atomic mass is 9.64. The molecule has 6 heteroatoms. The lowest BCUT2D eigenvalue weighted by Crippen LogP contribution is -2.48. The molecule has 0 spiro atoms. The van der Waals surface area contributed by atoms with Gasteiger partial charge in [0.1, 0.15) is 5.82 Å². The van der Waals surface area contributed by atoms with E-state index in [0.717, 1.165) is 37.1 Å². The summed E-state index contributed by atoms with van der Waals surface area (Å²) in [7, 11) is 1.82. The summed E-state index contributed by atoms with van der Waals surface area (Å²) in [5.41, 5.74) is 1.68. The van der Waals surface area contributed by atoms with Crippen LogP contribution in [0.3, 0.4) is 0 Å². The average Bonchev–Trinajstić information content (AvgIpc) is 3.22. The van der Waals surface area contributed by atoms with E-state index in [2.05, 4.69) is 60.7 Å². The number of benzene rings is 1. The molecule has 0 radical (unpaired) electrons. The molecule has 0 saturated heterocycles. The van der Waals surface area contributed by atoms with Gasteiger partial charge in [-0.1, -0.05) is 36.8 Å². The summed E-state index contributed by atoms with van der Waals surface area (Å²) < 4.78 is 2.22. The Morgan fingerprint density at radius 3 is 2.72 bits per heavy atom. The van der Waals surface area contributed by atoms with Gasteiger partial charge in [0.15, 0.2) is 11.8 Å². The van der Waals surface area contributed by atoms with Crippen LogP contribution in [0.15, 0.2) is 35.3 Å². The zero-order valence-electron chi connectivity index (χ0n) is 14.8. The van der Waals surface area contributed by atoms with Crippen LogP contribution in [0.2, 0.25) is 0 Å². The van der Waals surface area contributed by atoms with Crippen molar-refractivity contribution in [3.63, 3.8) is 0 Å². The molecule has 0 bridgehead atoms. The molecular weight excluding hydrogens is 312 g/mol. The zero-order chi connectivity index (χ0) is 17.1. The molecule has 2 aliphatic rings. The Balaban J connectivity index is 1.36. The van der Waals surface area contributed by atoms with Gasteiger partial charge < -0.3 is 15.2 Å². The van der Waals surface area contributed by atoms with Crippen LogP contribution in [0.25, 0.3) is 0 Å². The fourth-order valence-corrected chi connectivity index (χ4v) is 3.94. The van der Waals surface area contributed by atoms with Crippen molar-refractivity contribution in [3.8, 4) is 0 Å². The molecule has 1 aromatic carbocycles. The van der Waals surface area contributed by atoms with Crippen LogP contribution in [-0.4, -0.2) is 34.3 Å². The Morgan fingerprint density at radius 2 is 2.00 bits per heavy atom. The molecule has 4 rings (SSSR count).